The van der Waals surface area contributed by atoms with Gasteiger partial charge in [-0.3, -0.25) is 4.79 Å². The van der Waals surface area contributed by atoms with Crippen LogP contribution in [0.1, 0.15) is 11.1 Å². The number of methoxy groups -OCH3 is 3. The number of benzene rings is 3. The Kier molecular flexibility index (Phi) is 5.03. The third-order valence-corrected chi connectivity index (χ3v) is 5.83. The summed E-state index contributed by atoms with van der Waals surface area (Å²) in [5, 5.41) is 2.19. The number of halogens is 1. The lowest BCUT2D eigenvalue weighted by atomic mass is 10.1. The first-order chi connectivity index (χ1) is 13.5. The quantitative estimate of drug-likeness (QED) is 0.393. The number of anilines is 1. The van der Waals surface area contributed by atoms with Crippen LogP contribution in [0.5, 0.6) is 5.75 Å². The van der Waals surface area contributed by atoms with Gasteiger partial charge in [0.15, 0.2) is 0 Å². The van der Waals surface area contributed by atoms with Gasteiger partial charge in [-0.1, -0.05) is 18.2 Å². The molecule has 1 heterocycles. The third-order valence-electron chi connectivity index (χ3n) is 5.16. The van der Waals surface area contributed by atoms with Crippen molar-refractivity contribution in [3.63, 3.8) is 0 Å². The van der Waals surface area contributed by atoms with Crippen LogP contribution in [-0.2, 0) is 26.6 Å². The number of ether oxygens (including phenoxy) is 3. The first-order valence-electron chi connectivity index (χ1n) is 8.81. The molecule has 0 spiro atoms. The lowest BCUT2D eigenvalue weighted by molar-refractivity contribution is -0.209. The second kappa shape index (κ2) is 7.35. The van der Waals surface area contributed by atoms with E-state index >= 15 is 0 Å². The highest BCUT2D eigenvalue weighted by molar-refractivity contribution is 14.1. The Hall–Kier alpha value is -2.16. The van der Waals surface area contributed by atoms with E-state index in [1.165, 1.54) is 14.2 Å². The summed E-state index contributed by atoms with van der Waals surface area (Å²) < 4.78 is 17.5. The van der Waals surface area contributed by atoms with Crippen LogP contribution >= 0.6 is 22.6 Å². The zero-order valence-electron chi connectivity index (χ0n) is 15.9. The number of nitrogens with zero attached hydrogens (tertiary/aromatic N) is 1. The first kappa shape index (κ1) is 19.2. The molecule has 0 saturated heterocycles. The molecule has 6 heteroatoms. The molecular formula is C22H20INO4. The van der Waals surface area contributed by atoms with E-state index in [1.807, 2.05) is 48.5 Å². The zero-order chi connectivity index (χ0) is 19.9. The summed E-state index contributed by atoms with van der Waals surface area (Å²) in [6.07, 6.45) is 0. The summed E-state index contributed by atoms with van der Waals surface area (Å²) in [5.41, 5.74) is 2.57. The van der Waals surface area contributed by atoms with Gasteiger partial charge in [-0.05, 0) is 75.3 Å². The predicted molar refractivity (Wildman–Crippen MR) is 117 cm³/mol. The van der Waals surface area contributed by atoms with Crippen molar-refractivity contribution in [3.8, 4) is 5.75 Å². The third kappa shape index (κ3) is 2.96. The minimum absolute atomic E-state index is 0.218. The van der Waals surface area contributed by atoms with E-state index in [0.717, 1.165) is 36.9 Å². The van der Waals surface area contributed by atoms with Gasteiger partial charge in [-0.25, -0.2) is 0 Å². The van der Waals surface area contributed by atoms with Crippen LogP contribution < -0.4 is 9.64 Å². The van der Waals surface area contributed by atoms with Gasteiger partial charge in [0.1, 0.15) is 5.75 Å². The normalized spacial score (nSPS) is 15.1. The summed E-state index contributed by atoms with van der Waals surface area (Å²) in [6.45, 7) is 0.433. The van der Waals surface area contributed by atoms with Crippen molar-refractivity contribution in [1.29, 1.82) is 0 Å². The van der Waals surface area contributed by atoms with E-state index in [0.29, 0.717) is 6.54 Å². The van der Waals surface area contributed by atoms with Gasteiger partial charge in [0.25, 0.3) is 11.7 Å². The van der Waals surface area contributed by atoms with E-state index in [2.05, 4.69) is 28.7 Å². The summed E-state index contributed by atoms with van der Waals surface area (Å²) in [7, 11) is 4.65. The van der Waals surface area contributed by atoms with Gasteiger partial charge in [0, 0.05) is 23.4 Å². The molecule has 0 bridgehead atoms. The van der Waals surface area contributed by atoms with Crippen molar-refractivity contribution >= 4 is 45.0 Å². The molecule has 0 fully saturated rings. The lowest BCUT2D eigenvalue weighted by Crippen LogP contribution is -2.43. The summed E-state index contributed by atoms with van der Waals surface area (Å²) in [4.78, 5) is 15.0. The van der Waals surface area contributed by atoms with Crippen molar-refractivity contribution in [2.45, 2.75) is 12.3 Å². The highest BCUT2D eigenvalue weighted by Crippen LogP contribution is 2.44. The maximum atomic E-state index is 13.3. The van der Waals surface area contributed by atoms with Crippen LogP contribution in [0.15, 0.2) is 54.6 Å². The minimum atomic E-state index is -1.40. The molecule has 3 aromatic carbocycles. The fraction of sp³-hybridized carbons (Fsp3) is 0.227. The second-order valence-corrected chi connectivity index (χ2v) is 7.87. The Morgan fingerprint density at radius 1 is 0.929 bits per heavy atom. The molecule has 28 heavy (non-hydrogen) atoms. The first-order valence-corrected chi connectivity index (χ1v) is 9.89. The van der Waals surface area contributed by atoms with Crippen LogP contribution in [0.3, 0.4) is 0 Å². The monoisotopic (exact) mass is 489 g/mol. The van der Waals surface area contributed by atoms with Gasteiger partial charge in [-0.2, -0.15) is 0 Å². The molecule has 3 aromatic rings. The fourth-order valence-electron chi connectivity index (χ4n) is 3.73. The number of amides is 1. The number of rotatable bonds is 5. The molecule has 1 aliphatic heterocycles. The van der Waals surface area contributed by atoms with E-state index in [4.69, 9.17) is 14.2 Å². The molecule has 0 aliphatic carbocycles. The van der Waals surface area contributed by atoms with Gasteiger partial charge >= 0.3 is 0 Å². The average molecular weight is 489 g/mol. The Labute approximate surface area is 177 Å². The topological polar surface area (TPSA) is 48.0 Å². The summed E-state index contributed by atoms with van der Waals surface area (Å²) in [5.74, 6) is -0.798. The van der Waals surface area contributed by atoms with Crippen LogP contribution in [-0.4, -0.2) is 27.2 Å². The smallest absolute Gasteiger partial charge is 0.292 e. The van der Waals surface area contributed by atoms with Crippen molar-refractivity contribution in [1.82, 2.24) is 0 Å². The fourth-order valence-corrected chi connectivity index (χ4v) is 4.22. The molecule has 0 atom stereocenters. The molecule has 0 aromatic heterocycles. The number of carbonyl (C=O) groups excluding carboxylic acids is 1. The van der Waals surface area contributed by atoms with Crippen molar-refractivity contribution < 1.29 is 19.0 Å². The zero-order valence-corrected chi connectivity index (χ0v) is 18.0. The van der Waals surface area contributed by atoms with E-state index in [9.17, 15) is 4.79 Å². The predicted octanol–water partition coefficient (Wildman–Crippen LogP) is 4.45. The van der Waals surface area contributed by atoms with Crippen molar-refractivity contribution in [2.75, 3.05) is 26.2 Å². The molecule has 0 N–H and O–H groups in total. The molecule has 0 unspecified atom stereocenters. The van der Waals surface area contributed by atoms with Gasteiger partial charge in [0.2, 0.25) is 0 Å². The van der Waals surface area contributed by atoms with Crippen LogP contribution in [0.25, 0.3) is 10.8 Å². The Balaban J connectivity index is 1.74. The Morgan fingerprint density at radius 3 is 2.36 bits per heavy atom. The van der Waals surface area contributed by atoms with Crippen LogP contribution in [0.2, 0.25) is 0 Å². The standard InChI is InChI=1S/C22H20INO4/c1-26-18-8-6-15-10-14(4-5-16(15)11-18)13-24-20-9-7-17(23)12-19(20)22(27-2,28-3)21(24)25/h4-12H,13H2,1-3H3. The maximum absolute atomic E-state index is 13.3. The number of hydrogen-bond donors (Lipinski definition) is 0. The Morgan fingerprint density at radius 2 is 1.64 bits per heavy atom. The molecule has 4 rings (SSSR count). The Bertz CT molecular complexity index is 1060. The largest absolute Gasteiger partial charge is 0.497 e. The summed E-state index contributed by atoms with van der Waals surface area (Å²) >= 11 is 2.22. The number of carbonyl (C=O) groups is 1. The molecule has 1 aliphatic rings. The van der Waals surface area contributed by atoms with Crippen molar-refractivity contribution in [3.05, 3.63) is 69.3 Å². The average Bonchev–Trinajstić information content (AvgIpc) is 2.95. The molecule has 0 radical (unpaired) electrons. The minimum Gasteiger partial charge on any atom is -0.497 e. The van der Waals surface area contributed by atoms with Crippen LogP contribution in [0, 0.1) is 3.57 Å². The number of hydrogen-bond acceptors (Lipinski definition) is 4. The van der Waals surface area contributed by atoms with Crippen molar-refractivity contribution in [2.24, 2.45) is 0 Å². The second-order valence-electron chi connectivity index (χ2n) is 6.63. The van der Waals surface area contributed by atoms with Gasteiger partial charge < -0.3 is 19.1 Å². The van der Waals surface area contributed by atoms with Crippen LogP contribution in [0.4, 0.5) is 5.69 Å². The molecule has 0 saturated carbocycles. The lowest BCUT2D eigenvalue weighted by Gasteiger charge is -2.25. The van der Waals surface area contributed by atoms with E-state index < -0.39 is 5.79 Å². The van der Waals surface area contributed by atoms with Gasteiger partial charge in [-0.15, -0.1) is 0 Å². The number of fused-ring (bicyclic) bond motifs is 2. The molecular weight excluding hydrogens is 469 g/mol. The highest BCUT2D eigenvalue weighted by Gasteiger charge is 2.52. The summed E-state index contributed by atoms with van der Waals surface area (Å²) in [6, 6.07) is 18.0. The molecule has 1 amide bonds. The highest BCUT2D eigenvalue weighted by atomic mass is 127. The van der Waals surface area contributed by atoms with E-state index in [-0.39, 0.29) is 5.91 Å². The van der Waals surface area contributed by atoms with Gasteiger partial charge in [0.05, 0.1) is 19.3 Å². The van der Waals surface area contributed by atoms with E-state index in [1.54, 1.807) is 12.0 Å². The maximum Gasteiger partial charge on any atom is 0.292 e. The molecule has 144 valence electrons. The SMILES string of the molecule is COc1ccc2cc(CN3C(=O)C(OC)(OC)c4cc(I)ccc43)ccc2c1. The molecule has 5 nitrogen and oxygen atoms in total.